The first-order valence-corrected chi connectivity index (χ1v) is 9.11. The van der Waals surface area contributed by atoms with Gasteiger partial charge in [0.05, 0.1) is 6.04 Å². The molecule has 0 bridgehead atoms. The van der Waals surface area contributed by atoms with Crippen LogP contribution in [0.5, 0.6) is 0 Å². The van der Waals surface area contributed by atoms with Gasteiger partial charge in [-0.3, -0.25) is 4.90 Å². The number of nitriles is 1. The molecule has 2 aliphatic rings. The Hall–Kier alpha value is -2.60. The highest BCUT2D eigenvalue weighted by Gasteiger charge is 2.37. The number of anilines is 1. The zero-order valence-corrected chi connectivity index (χ0v) is 15.0. The second kappa shape index (κ2) is 7.33. The normalized spacial score (nSPS) is 22.2. The van der Waals surface area contributed by atoms with Crippen molar-refractivity contribution in [1.82, 2.24) is 14.9 Å². The zero-order chi connectivity index (χ0) is 17.9. The Morgan fingerprint density at radius 1 is 1.15 bits per heavy atom. The summed E-state index contributed by atoms with van der Waals surface area (Å²) in [4.78, 5) is 13.2. The van der Waals surface area contributed by atoms with Crippen LogP contribution in [-0.2, 0) is 0 Å². The molecule has 2 atom stereocenters. The fourth-order valence-electron chi connectivity index (χ4n) is 3.77. The van der Waals surface area contributed by atoms with Gasteiger partial charge >= 0.3 is 0 Å². The van der Waals surface area contributed by atoms with Gasteiger partial charge in [0.15, 0.2) is 11.5 Å². The third-order valence-electron chi connectivity index (χ3n) is 4.99. The summed E-state index contributed by atoms with van der Waals surface area (Å²) < 4.78 is 0. The number of hydrogen-bond acceptors (Lipinski definition) is 5. The molecule has 0 amide bonds. The zero-order valence-electron chi connectivity index (χ0n) is 14.3. The summed E-state index contributed by atoms with van der Waals surface area (Å²) in [6, 6.07) is 10.5. The third kappa shape index (κ3) is 3.37. The minimum Gasteiger partial charge on any atom is -0.351 e. The number of rotatable bonds is 1. The smallest absolute Gasteiger partial charge is 0.183 e. The van der Waals surface area contributed by atoms with E-state index in [9.17, 15) is 5.26 Å². The monoisotopic (exact) mass is 363 g/mol. The van der Waals surface area contributed by atoms with E-state index in [4.69, 9.17) is 11.6 Å². The van der Waals surface area contributed by atoms with Crippen LogP contribution >= 0.6 is 11.6 Å². The van der Waals surface area contributed by atoms with Crippen LogP contribution in [-0.4, -0.2) is 46.6 Å². The number of nitrogens with zero attached hydrogens (tertiary/aromatic N) is 5. The number of hydrogen-bond donors (Lipinski definition) is 0. The Morgan fingerprint density at radius 2 is 2.04 bits per heavy atom. The molecular weight excluding hydrogens is 346 g/mol. The van der Waals surface area contributed by atoms with Gasteiger partial charge in [-0.1, -0.05) is 29.5 Å². The lowest BCUT2D eigenvalue weighted by atomic mass is 10.1. The molecule has 2 saturated heterocycles. The van der Waals surface area contributed by atoms with E-state index in [0.717, 1.165) is 38.0 Å². The molecular formula is C20H18ClN5. The number of halogens is 1. The van der Waals surface area contributed by atoms with Crippen LogP contribution < -0.4 is 4.90 Å². The average molecular weight is 364 g/mol. The van der Waals surface area contributed by atoms with Crippen LogP contribution in [0.1, 0.15) is 24.1 Å². The molecule has 3 heterocycles. The van der Waals surface area contributed by atoms with Crippen molar-refractivity contribution >= 4 is 17.4 Å². The molecule has 1 unspecified atom stereocenters. The van der Waals surface area contributed by atoms with Gasteiger partial charge < -0.3 is 4.90 Å². The Morgan fingerprint density at radius 3 is 2.88 bits per heavy atom. The van der Waals surface area contributed by atoms with Crippen LogP contribution in [0.4, 0.5) is 5.82 Å². The highest BCUT2D eigenvalue weighted by Crippen LogP contribution is 2.29. The van der Waals surface area contributed by atoms with Crippen molar-refractivity contribution in [3.05, 3.63) is 52.9 Å². The number of fused-ring (bicyclic) bond motifs is 1. The van der Waals surface area contributed by atoms with Gasteiger partial charge in [0, 0.05) is 48.7 Å². The van der Waals surface area contributed by atoms with Gasteiger partial charge in [0.2, 0.25) is 0 Å². The average Bonchev–Trinajstić information content (AvgIpc) is 3.08. The molecule has 2 aromatic rings. The predicted molar refractivity (Wildman–Crippen MR) is 101 cm³/mol. The summed E-state index contributed by atoms with van der Waals surface area (Å²) in [5.74, 6) is 7.38. The number of piperazine rings is 1. The van der Waals surface area contributed by atoms with E-state index in [1.54, 1.807) is 12.4 Å². The van der Waals surface area contributed by atoms with Crippen molar-refractivity contribution in [2.75, 3.05) is 24.5 Å². The lowest BCUT2D eigenvalue weighted by molar-refractivity contribution is 0.202. The molecule has 0 saturated carbocycles. The van der Waals surface area contributed by atoms with Gasteiger partial charge in [-0.05, 0) is 31.0 Å². The maximum absolute atomic E-state index is 9.26. The van der Waals surface area contributed by atoms with E-state index in [0.29, 0.717) is 22.6 Å². The van der Waals surface area contributed by atoms with Gasteiger partial charge in [-0.2, -0.15) is 5.26 Å². The number of benzene rings is 1. The van der Waals surface area contributed by atoms with Crippen LogP contribution in [0.15, 0.2) is 36.7 Å². The van der Waals surface area contributed by atoms with E-state index >= 15 is 0 Å². The minimum absolute atomic E-state index is 0.276. The third-order valence-corrected chi connectivity index (χ3v) is 5.23. The quantitative estimate of drug-likeness (QED) is 0.729. The summed E-state index contributed by atoms with van der Waals surface area (Å²) >= 11 is 6.03. The minimum atomic E-state index is 0.276. The summed E-state index contributed by atoms with van der Waals surface area (Å²) in [6.07, 6.45) is 5.39. The molecule has 2 fully saturated rings. The lowest BCUT2D eigenvalue weighted by Crippen LogP contribution is -2.52. The summed E-state index contributed by atoms with van der Waals surface area (Å²) in [6.45, 7) is 2.61. The van der Waals surface area contributed by atoms with Crippen molar-refractivity contribution < 1.29 is 0 Å². The van der Waals surface area contributed by atoms with E-state index in [2.05, 4.69) is 37.7 Å². The van der Waals surface area contributed by atoms with Crippen LogP contribution in [0.25, 0.3) is 0 Å². The van der Waals surface area contributed by atoms with E-state index in [1.165, 1.54) is 0 Å². The van der Waals surface area contributed by atoms with Crippen molar-refractivity contribution in [2.24, 2.45) is 0 Å². The van der Waals surface area contributed by atoms with Gasteiger partial charge in [0.1, 0.15) is 6.07 Å². The molecule has 1 aromatic carbocycles. The van der Waals surface area contributed by atoms with E-state index in [1.807, 2.05) is 24.3 Å². The van der Waals surface area contributed by atoms with Crippen LogP contribution in [0, 0.1) is 23.2 Å². The second-order valence-electron chi connectivity index (χ2n) is 6.55. The lowest BCUT2D eigenvalue weighted by Gasteiger charge is -2.39. The molecule has 130 valence electrons. The molecule has 2 aliphatic heterocycles. The SMILES string of the molecule is N#Cc1nccnc1N1CCN2C(C#Cc3cccc(Cl)c3)CC[C@H]2C1. The first kappa shape index (κ1) is 16.8. The molecule has 5 nitrogen and oxygen atoms in total. The Labute approximate surface area is 158 Å². The van der Waals surface area contributed by atoms with Gasteiger partial charge in [-0.25, -0.2) is 9.97 Å². The maximum Gasteiger partial charge on any atom is 0.183 e. The predicted octanol–water partition coefficient (Wildman–Crippen LogP) is 2.71. The highest BCUT2D eigenvalue weighted by atomic mass is 35.5. The molecule has 6 heteroatoms. The van der Waals surface area contributed by atoms with Crippen molar-refractivity contribution in [1.29, 1.82) is 5.26 Å². The fourth-order valence-corrected chi connectivity index (χ4v) is 3.96. The first-order chi connectivity index (χ1) is 12.7. The van der Waals surface area contributed by atoms with Crippen molar-refractivity contribution in [3.8, 4) is 17.9 Å². The fraction of sp³-hybridized carbons (Fsp3) is 0.350. The second-order valence-corrected chi connectivity index (χ2v) is 6.99. The van der Waals surface area contributed by atoms with Crippen molar-refractivity contribution in [2.45, 2.75) is 24.9 Å². The topological polar surface area (TPSA) is 56.1 Å². The van der Waals surface area contributed by atoms with Crippen LogP contribution in [0.2, 0.25) is 5.02 Å². The van der Waals surface area contributed by atoms with Crippen LogP contribution in [0.3, 0.4) is 0 Å². The standard InChI is InChI=1S/C20H18ClN5/c21-16-3-1-2-15(12-16)4-5-17-6-7-18-14-25(10-11-26(17)18)20-19(13-22)23-8-9-24-20/h1-3,8-9,12,17-18H,6-7,10-11,14H2/t17?,18-/m0/s1. The van der Waals surface area contributed by atoms with Gasteiger partial charge in [0.25, 0.3) is 0 Å². The van der Waals surface area contributed by atoms with E-state index < -0.39 is 0 Å². The molecule has 0 aliphatic carbocycles. The first-order valence-electron chi connectivity index (χ1n) is 8.73. The molecule has 4 rings (SSSR count). The summed E-state index contributed by atoms with van der Waals surface area (Å²) in [5, 5.41) is 9.97. The number of aromatic nitrogens is 2. The Kier molecular flexibility index (Phi) is 4.75. The molecule has 0 radical (unpaired) electrons. The largest absolute Gasteiger partial charge is 0.351 e. The molecule has 0 spiro atoms. The molecule has 1 aromatic heterocycles. The molecule has 0 N–H and O–H groups in total. The van der Waals surface area contributed by atoms with E-state index in [-0.39, 0.29) is 6.04 Å². The maximum atomic E-state index is 9.26. The van der Waals surface area contributed by atoms with Gasteiger partial charge in [-0.15, -0.1) is 0 Å². The Bertz CT molecular complexity index is 910. The highest BCUT2D eigenvalue weighted by molar-refractivity contribution is 6.30. The summed E-state index contributed by atoms with van der Waals surface area (Å²) in [5.41, 5.74) is 1.36. The Balaban J connectivity index is 1.47. The van der Waals surface area contributed by atoms with Crippen molar-refractivity contribution in [3.63, 3.8) is 0 Å². The molecule has 26 heavy (non-hydrogen) atoms. The summed E-state index contributed by atoms with van der Waals surface area (Å²) in [7, 11) is 0.